The van der Waals surface area contributed by atoms with Gasteiger partial charge in [-0.3, -0.25) is 0 Å². The van der Waals surface area contributed by atoms with Crippen LogP contribution in [0.25, 0.3) is 11.5 Å². The molecule has 2 aromatic rings. The quantitative estimate of drug-likeness (QED) is 0.869. The maximum absolute atomic E-state index is 13.5. The monoisotopic (exact) mass is 235 g/mol. The Bertz CT molecular complexity index is 589. The van der Waals surface area contributed by atoms with Crippen molar-refractivity contribution < 1.29 is 18.7 Å². The van der Waals surface area contributed by atoms with E-state index in [0.717, 1.165) is 5.56 Å². The Morgan fingerprint density at radius 2 is 2.12 bits per heavy atom. The van der Waals surface area contributed by atoms with E-state index in [1.807, 2.05) is 0 Å². The van der Waals surface area contributed by atoms with Crippen LogP contribution in [0, 0.1) is 19.7 Å². The van der Waals surface area contributed by atoms with Gasteiger partial charge in [-0.25, -0.2) is 14.2 Å². The number of hydrogen-bond donors (Lipinski definition) is 1. The van der Waals surface area contributed by atoms with Crippen LogP contribution in [0.3, 0.4) is 0 Å². The Morgan fingerprint density at radius 1 is 1.41 bits per heavy atom. The lowest BCUT2D eigenvalue weighted by Crippen LogP contribution is -1.95. The fourth-order valence-corrected chi connectivity index (χ4v) is 1.51. The number of aromatic nitrogens is 1. The fraction of sp³-hybridized carbons (Fsp3) is 0.167. The summed E-state index contributed by atoms with van der Waals surface area (Å²) in [5, 5.41) is 8.82. The molecule has 0 atom stereocenters. The molecule has 1 N–H and O–H groups in total. The van der Waals surface area contributed by atoms with Crippen molar-refractivity contribution in [3.63, 3.8) is 0 Å². The lowest BCUT2D eigenvalue weighted by Gasteiger charge is -1.99. The van der Waals surface area contributed by atoms with Gasteiger partial charge in [0.05, 0.1) is 11.3 Å². The number of carboxylic acids is 1. The minimum absolute atomic E-state index is 0.0129. The number of carbonyl (C=O) groups is 1. The Kier molecular flexibility index (Phi) is 2.67. The number of halogens is 1. The molecule has 0 spiro atoms. The summed E-state index contributed by atoms with van der Waals surface area (Å²) in [5.41, 5.74) is 1.24. The third-order valence-corrected chi connectivity index (χ3v) is 2.34. The van der Waals surface area contributed by atoms with Crippen LogP contribution >= 0.6 is 0 Å². The maximum Gasteiger partial charge on any atom is 0.373 e. The van der Waals surface area contributed by atoms with Gasteiger partial charge in [0.1, 0.15) is 5.82 Å². The second-order valence-electron chi connectivity index (χ2n) is 3.72. The summed E-state index contributed by atoms with van der Waals surface area (Å²) < 4.78 is 18.6. The summed E-state index contributed by atoms with van der Waals surface area (Å²) in [4.78, 5) is 14.7. The molecule has 1 aromatic carbocycles. The van der Waals surface area contributed by atoms with E-state index < -0.39 is 11.8 Å². The summed E-state index contributed by atoms with van der Waals surface area (Å²) in [6.07, 6.45) is 0. The third-order valence-electron chi connectivity index (χ3n) is 2.34. The van der Waals surface area contributed by atoms with Crippen LogP contribution in [0.2, 0.25) is 0 Å². The number of aromatic carboxylic acids is 1. The van der Waals surface area contributed by atoms with Crippen LogP contribution in [0.1, 0.15) is 21.8 Å². The van der Waals surface area contributed by atoms with Crippen molar-refractivity contribution in [2.45, 2.75) is 13.8 Å². The second-order valence-corrected chi connectivity index (χ2v) is 3.72. The zero-order valence-electron chi connectivity index (χ0n) is 9.32. The molecule has 2 rings (SSSR count). The van der Waals surface area contributed by atoms with Gasteiger partial charge in [-0.1, -0.05) is 11.6 Å². The molecule has 5 heteroatoms. The first kappa shape index (κ1) is 11.3. The van der Waals surface area contributed by atoms with E-state index in [9.17, 15) is 9.18 Å². The minimum Gasteiger partial charge on any atom is -0.475 e. The number of aryl methyl sites for hydroxylation is 2. The highest BCUT2D eigenvalue weighted by Crippen LogP contribution is 2.25. The van der Waals surface area contributed by atoms with Gasteiger partial charge in [-0.2, -0.15) is 0 Å². The summed E-state index contributed by atoms with van der Waals surface area (Å²) in [6.45, 7) is 3.31. The van der Waals surface area contributed by atoms with Gasteiger partial charge in [0, 0.05) is 0 Å². The minimum atomic E-state index is -1.21. The van der Waals surface area contributed by atoms with Crippen molar-refractivity contribution in [2.75, 3.05) is 0 Å². The zero-order valence-corrected chi connectivity index (χ0v) is 9.32. The van der Waals surface area contributed by atoms with Crippen molar-refractivity contribution in [3.05, 3.63) is 41.0 Å². The van der Waals surface area contributed by atoms with E-state index >= 15 is 0 Å². The van der Waals surface area contributed by atoms with E-state index in [1.165, 1.54) is 13.0 Å². The molecule has 0 saturated carbocycles. The van der Waals surface area contributed by atoms with E-state index in [-0.39, 0.29) is 22.9 Å². The van der Waals surface area contributed by atoms with Crippen molar-refractivity contribution in [3.8, 4) is 11.5 Å². The fourth-order valence-electron chi connectivity index (χ4n) is 1.51. The molecule has 1 aromatic heterocycles. The van der Waals surface area contributed by atoms with Crippen LogP contribution in [0.15, 0.2) is 22.6 Å². The SMILES string of the molecule is Cc1ccc(F)c(-c2nc(C)c(C(=O)O)o2)c1. The molecule has 0 amide bonds. The molecule has 0 radical (unpaired) electrons. The Morgan fingerprint density at radius 3 is 2.71 bits per heavy atom. The Labute approximate surface area is 96.7 Å². The molecular weight excluding hydrogens is 225 g/mol. The maximum atomic E-state index is 13.5. The van der Waals surface area contributed by atoms with E-state index in [0.29, 0.717) is 0 Å². The largest absolute Gasteiger partial charge is 0.475 e. The zero-order chi connectivity index (χ0) is 12.6. The topological polar surface area (TPSA) is 63.3 Å². The highest BCUT2D eigenvalue weighted by molar-refractivity contribution is 5.86. The summed E-state index contributed by atoms with van der Waals surface area (Å²) in [5.74, 6) is -1.98. The molecule has 4 nitrogen and oxygen atoms in total. The van der Waals surface area contributed by atoms with Crippen LogP contribution < -0.4 is 0 Å². The van der Waals surface area contributed by atoms with Crippen LogP contribution in [0.4, 0.5) is 4.39 Å². The number of benzene rings is 1. The summed E-state index contributed by atoms with van der Waals surface area (Å²) in [7, 11) is 0. The highest BCUT2D eigenvalue weighted by Gasteiger charge is 2.19. The first-order valence-corrected chi connectivity index (χ1v) is 4.96. The van der Waals surface area contributed by atoms with Gasteiger partial charge in [-0.15, -0.1) is 0 Å². The van der Waals surface area contributed by atoms with Crippen LogP contribution in [-0.4, -0.2) is 16.1 Å². The van der Waals surface area contributed by atoms with E-state index in [4.69, 9.17) is 9.52 Å². The molecule has 0 aliphatic rings. The second kappa shape index (κ2) is 4.01. The predicted octanol–water partition coefficient (Wildman–Crippen LogP) is 2.80. The molecule has 0 bridgehead atoms. The number of oxazole rings is 1. The molecule has 88 valence electrons. The normalized spacial score (nSPS) is 10.5. The van der Waals surface area contributed by atoms with Crippen LogP contribution in [0.5, 0.6) is 0 Å². The van der Waals surface area contributed by atoms with Gasteiger partial charge < -0.3 is 9.52 Å². The standard InChI is InChI=1S/C12H10FNO3/c1-6-3-4-9(13)8(5-6)11-14-7(2)10(17-11)12(15)16/h3-5H,1-2H3,(H,15,16). The van der Waals surface area contributed by atoms with Gasteiger partial charge in [0.15, 0.2) is 0 Å². The molecule has 0 saturated heterocycles. The van der Waals surface area contributed by atoms with Gasteiger partial charge in [0.25, 0.3) is 0 Å². The van der Waals surface area contributed by atoms with Crippen molar-refractivity contribution in [2.24, 2.45) is 0 Å². The number of rotatable bonds is 2. The van der Waals surface area contributed by atoms with Crippen LogP contribution in [-0.2, 0) is 0 Å². The predicted molar refractivity (Wildman–Crippen MR) is 58.3 cm³/mol. The number of carboxylic acid groups (broad SMARTS) is 1. The molecule has 0 aliphatic carbocycles. The lowest BCUT2D eigenvalue weighted by atomic mass is 10.1. The number of nitrogens with zero attached hydrogens (tertiary/aromatic N) is 1. The number of hydrogen-bond acceptors (Lipinski definition) is 3. The smallest absolute Gasteiger partial charge is 0.373 e. The van der Waals surface area contributed by atoms with Crippen molar-refractivity contribution in [1.82, 2.24) is 4.98 Å². The first-order valence-electron chi connectivity index (χ1n) is 4.96. The van der Waals surface area contributed by atoms with Gasteiger partial charge >= 0.3 is 5.97 Å². The Hall–Kier alpha value is -2.17. The van der Waals surface area contributed by atoms with E-state index in [1.54, 1.807) is 19.1 Å². The molecule has 1 heterocycles. The molecule has 0 aliphatic heterocycles. The molecular formula is C12H10FNO3. The van der Waals surface area contributed by atoms with Gasteiger partial charge in [0.2, 0.25) is 11.7 Å². The van der Waals surface area contributed by atoms with Gasteiger partial charge in [-0.05, 0) is 26.0 Å². The summed E-state index contributed by atoms with van der Waals surface area (Å²) >= 11 is 0. The average molecular weight is 235 g/mol. The average Bonchev–Trinajstić information content (AvgIpc) is 2.64. The Balaban J connectivity index is 2.57. The molecule has 0 fully saturated rings. The highest BCUT2D eigenvalue weighted by atomic mass is 19.1. The van der Waals surface area contributed by atoms with Crippen molar-refractivity contribution >= 4 is 5.97 Å². The van der Waals surface area contributed by atoms with E-state index in [2.05, 4.69) is 4.98 Å². The summed E-state index contributed by atoms with van der Waals surface area (Å²) in [6, 6.07) is 4.48. The lowest BCUT2D eigenvalue weighted by molar-refractivity contribution is 0.0662. The van der Waals surface area contributed by atoms with Crippen molar-refractivity contribution in [1.29, 1.82) is 0 Å². The third kappa shape index (κ3) is 2.04. The molecule has 17 heavy (non-hydrogen) atoms. The molecule has 0 unspecified atom stereocenters. The first-order chi connectivity index (χ1) is 7.99.